The van der Waals surface area contributed by atoms with E-state index >= 15 is 0 Å². The number of amides is 2. The van der Waals surface area contributed by atoms with E-state index in [1.165, 1.54) is 18.1 Å². The lowest BCUT2D eigenvalue weighted by atomic mass is 10.4. The second-order valence-corrected chi connectivity index (χ2v) is 2.14. The predicted octanol–water partition coefficient (Wildman–Crippen LogP) is -1.12. The van der Waals surface area contributed by atoms with Crippen molar-refractivity contribution >= 4 is 12.3 Å². The van der Waals surface area contributed by atoms with E-state index in [-0.39, 0.29) is 5.91 Å². The molecule has 0 aromatic rings. The van der Waals surface area contributed by atoms with Crippen molar-refractivity contribution in [2.45, 2.75) is 0 Å². The average Bonchev–Trinajstić information content (AvgIpc) is 2.12. The Labute approximate surface area is 71.4 Å². The van der Waals surface area contributed by atoms with Gasteiger partial charge in [0.15, 0.2) is 0 Å². The SMILES string of the molecule is CNC(=O)/C(=C/N(C)C=O)NC. The second kappa shape index (κ2) is 5.17. The smallest absolute Gasteiger partial charge is 0.268 e. The van der Waals surface area contributed by atoms with Crippen LogP contribution in [0.3, 0.4) is 0 Å². The molecule has 0 aliphatic rings. The molecule has 0 unspecified atom stereocenters. The normalized spacial score (nSPS) is 10.4. The summed E-state index contributed by atoms with van der Waals surface area (Å²) in [7, 11) is 4.68. The Bertz CT molecular complexity index is 201. The number of rotatable bonds is 4. The fourth-order valence-electron chi connectivity index (χ4n) is 0.605. The summed E-state index contributed by atoms with van der Waals surface area (Å²) >= 11 is 0. The van der Waals surface area contributed by atoms with E-state index < -0.39 is 0 Å². The van der Waals surface area contributed by atoms with Crippen LogP contribution in [0.5, 0.6) is 0 Å². The van der Waals surface area contributed by atoms with Gasteiger partial charge in [0.2, 0.25) is 6.41 Å². The minimum Gasteiger partial charge on any atom is -0.382 e. The molecule has 0 heterocycles. The van der Waals surface area contributed by atoms with E-state index in [9.17, 15) is 9.59 Å². The highest BCUT2D eigenvalue weighted by Crippen LogP contribution is 1.89. The van der Waals surface area contributed by atoms with E-state index in [0.29, 0.717) is 12.1 Å². The second-order valence-electron chi connectivity index (χ2n) is 2.14. The first-order valence-corrected chi connectivity index (χ1v) is 3.44. The molecular weight excluding hydrogens is 158 g/mol. The van der Waals surface area contributed by atoms with Crippen LogP contribution in [0.4, 0.5) is 0 Å². The van der Waals surface area contributed by atoms with Gasteiger partial charge >= 0.3 is 0 Å². The molecule has 5 heteroatoms. The van der Waals surface area contributed by atoms with Crippen LogP contribution in [0, 0.1) is 0 Å². The van der Waals surface area contributed by atoms with Crippen molar-refractivity contribution in [3.63, 3.8) is 0 Å². The third-order valence-electron chi connectivity index (χ3n) is 1.24. The van der Waals surface area contributed by atoms with Crippen LogP contribution in [-0.2, 0) is 9.59 Å². The minimum absolute atomic E-state index is 0.258. The van der Waals surface area contributed by atoms with Gasteiger partial charge in [-0.05, 0) is 0 Å². The first-order valence-electron chi connectivity index (χ1n) is 3.44. The summed E-state index contributed by atoms with van der Waals surface area (Å²) < 4.78 is 0. The number of likely N-dealkylation sites (N-methyl/N-ethyl adjacent to an activating group) is 2. The summed E-state index contributed by atoms with van der Waals surface area (Å²) in [6.45, 7) is 0. The zero-order chi connectivity index (χ0) is 9.56. The maximum atomic E-state index is 11.0. The Kier molecular flexibility index (Phi) is 4.52. The third-order valence-corrected chi connectivity index (χ3v) is 1.24. The molecule has 0 saturated carbocycles. The highest BCUT2D eigenvalue weighted by molar-refractivity contribution is 5.92. The molecule has 0 aliphatic heterocycles. The van der Waals surface area contributed by atoms with Crippen LogP contribution >= 0.6 is 0 Å². The number of nitrogens with zero attached hydrogens (tertiary/aromatic N) is 1. The number of carbonyl (C=O) groups is 2. The highest BCUT2D eigenvalue weighted by atomic mass is 16.2. The largest absolute Gasteiger partial charge is 0.382 e. The number of carbonyl (C=O) groups excluding carboxylic acids is 2. The molecule has 12 heavy (non-hydrogen) atoms. The van der Waals surface area contributed by atoms with E-state index in [1.807, 2.05) is 0 Å². The Morgan fingerprint density at radius 1 is 1.33 bits per heavy atom. The van der Waals surface area contributed by atoms with Gasteiger partial charge in [-0.2, -0.15) is 0 Å². The van der Waals surface area contributed by atoms with Gasteiger partial charge in [-0.25, -0.2) is 0 Å². The first kappa shape index (κ1) is 10.5. The predicted molar refractivity (Wildman–Crippen MR) is 45.0 cm³/mol. The summed E-state index contributed by atoms with van der Waals surface area (Å²) in [5.74, 6) is -0.258. The van der Waals surface area contributed by atoms with Gasteiger partial charge in [0.1, 0.15) is 5.70 Å². The van der Waals surface area contributed by atoms with Crippen LogP contribution in [0.1, 0.15) is 0 Å². The monoisotopic (exact) mass is 171 g/mol. The fraction of sp³-hybridized carbons (Fsp3) is 0.429. The lowest BCUT2D eigenvalue weighted by Gasteiger charge is -2.08. The summed E-state index contributed by atoms with van der Waals surface area (Å²) in [4.78, 5) is 22.5. The van der Waals surface area contributed by atoms with Crippen molar-refractivity contribution in [2.75, 3.05) is 21.1 Å². The number of hydrogen-bond acceptors (Lipinski definition) is 3. The molecule has 68 valence electrons. The van der Waals surface area contributed by atoms with Crippen molar-refractivity contribution in [3.05, 3.63) is 11.9 Å². The van der Waals surface area contributed by atoms with E-state index in [0.717, 1.165) is 0 Å². The Morgan fingerprint density at radius 2 is 1.92 bits per heavy atom. The maximum Gasteiger partial charge on any atom is 0.268 e. The van der Waals surface area contributed by atoms with Crippen molar-refractivity contribution < 1.29 is 9.59 Å². The Hall–Kier alpha value is -1.52. The summed E-state index contributed by atoms with van der Waals surface area (Å²) in [5, 5.41) is 5.10. The van der Waals surface area contributed by atoms with E-state index in [4.69, 9.17) is 0 Å². The summed E-state index contributed by atoms with van der Waals surface area (Å²) in [6.07, 6.45) is 2.02. The fourth-order valence-corrected chi connectivity index (χ4v) is 0.605. The van der Waals surface area contributed by atoms with Gasteiger partial charge < -0.3 is 15.5 Å². The molecule has 2 amide bonds. The van der Waals surface area contributed by atoms with Crippen molar-refractivity contribution in [2.24, 2.45) is 0 Å². The van der Waals surface area contributed by atoms with Gasteiger partial charge in [-0.15, -0.1) is 0 Å². The number of hydrogen-bond donors (Lipinski definition) is 2. The molecule has 2 N–H and O–H groups in total. The van der Waals surface area contributed by atoms with Crippen molar-refractivity contribution in [1.82, 2.24) is 15.5 Å². The minimum atomic E-state index is -0.258. The molecule has 0 atom stereocenters. The van der Waals surface area contributed by atoms with Gasteiger partial charge in [0, 0.05) is 27.3 Å². The zero-order valence-corrected chi connectivity index (χ0v) is 7.42. The molecule has 0 radical (unpaired) electrons. The molecule has 0 aromatic carbocycles. The van der Waals surface area contributed by atoms with Crippen LogP contribution in [-0.4, -0.2) is 38.4 Å². The van der Waals surface area contributed by atoms with Crippen molar-refractivity contribution in [1.29, 1.82) is 0 Å². The van der Waals surface area contributed by atoms with Crippen molar-refractivity contribution in [3.8, 4) is 0 Å². The molecule has 0 aliphatic carbocycles. The van der Waals surface area contributed by atoms with E-state index in [2.05, 4.69) is 10.6 Å². The summed E-state index contributed by atoms with van der Waals surface area (Å²) in [5.41, 5.74) is 0.340. The van der Waals surface area contributed by atoms with Crippen LogP contribution in [0.15, 0.2) is 11.9 Å². The topological polar surface area (TPSA) is 61.4 Å². The van der Waals surface area contributed by atoms with Crippen LogP contribution in [0.25, 0.3) is 0 Å². The Balaban J connectivity index is 4.41. The molecular formula is C7H13N3O2. The molecule has 0 fully saturated rings. The zero-order valence-electron chi connectivity index (χ0n) is 7.42. The molecule has 0 aromatic heterocycles. The first-order chi connectivity index (χ1) is 5.65. The molecule has 0 bridgehead atoms. The van der Waals surface area contributed by atoms with E-state index in [1.54, 1.807) is 14.1 Å². The van der Waals surface area contributed by atoms with Gasteiger partial charge in [0.25, 0.3) is 5.91 Å². The Morgan fingerprint density at radius 3 is 2.25 bits per heavy atom. The van der Waals surface area contributed by atoms with Gasteiger partial charge in [-0.3, -0.25) is 9.59 Å². The van der Waals surface area contributed by atoms with Crippen LogP contribution in [0.2, 0.25) is 0 Å². The standard InChI is InChI=1S/C7H13N3O2/c1-8-6(7(12)9-2)4-10(3)5-11/h4-5,8H,1-3H3,(H,9,12)/b6-4-. The lowest BCUT2D eigenvalue weighted by Crippen LogP contribution is -2.29. The number of nitrogens with one attached hydrogen (secondary N) is 2. The summed E-state index contributed by atoms with van der Waals surface area (Å²) in [6, 6.07) is 0. The molecule has 0 spiro atoms. The van der Waals surface area contributed by atoms with Gasteiger partial charge in [0.05, 0.1) is 0 Å². The highest BCUT2D eigenvalue weighted by Gasteiger charge is 2.04. The third kappa shape index (κ3) is 3.05. The van der Waals surface area contributed by atoms with Gasteiger partial charge in [-0.1, -0.05) is 0 Å². The molecule has 0 rings (SSSR count). The molecule has 5 nitrogen and oxygen atoms in total. The lowest BCUT2D eigenvalue weighted by molar-refractivity contribution is -0.117. The molecule has 0 saturated heterocycles. The quantitative estimate of drug-likeness (QED) is 0.416. The van der Waals surface area contributed by atoms with Crippen LogP contribution < -0.4 is 10.6 Å². The average molecular weight is 171 g/mol. The maximum absolute atomic E-state index is 11.0.